The average molecular weight is 264 g/mol. The Bertz CT molecular complexity index is 413. The standard InChI is InChI=1S/C15H24N2O2/c1-4-8-17(9-10-18)15(19)13-6-7-14(16-5-2)12(3)11-13/h6-7,11,16,18H,4-5,8-10H2,1-3H3. The molecule has 0 aliphatic heterocycles. The van der Waals surface area contributed by atoms with Crippen molar-refractivity contribution in [2.45, 2.75) is 27.2 Å². The minimum Gasteiger partial charge on any atom is -0.395 e. The maximum Gasteiger partial charge on any atom is 0.253 e. The van der Waals surface area contributed by atoms with E-state index in [4.69, 9.17) is 5.11 Å². The van der Waals surface area contributed by atoms with Crippen LogP contribution in [-0.4, -0.2) is 42.2 Å². The van der Waals surface area contributed by atoms with Gasteiger partial charge in [0.25, 0.3) is 5.91 Å². The number of carbonyl (C=O) groups is 1. The van der Waals surface area contributed by atoms with Crippen LogP contribution < -0.4 is 5.32 Å². The van der Waals surface area contributed by atoms with E-state index in [2.05, 4.69) is 5.32 Å². The number of nitrogens with zero attached hydrogens (tertiary/aromatic N) is 1. The van der Waals surface area contributed by atoms with Crippen LogP contribution >= 0.6 is 0 Å². The number of hydrogen-bond acceptors (Lipinski definition) is 3. The maximum atomic E-state index is 12.3. The van der Waals surface area contributed by atoms with Gasteiger partial charge in [-0.3, -0.25) is 4.79 Å². The van der Waals surface area contributed by atoms with Gasteiger partial charge in [0.2, 0.25) is 0 Å². The van der Waals surface area contributed by atoms with E-state index in [9.17, 15) is 4.79 Å². The fourth-order valence-electron chi connectivity index (χ4n) is 2.07. The zero-order valence-electron chi connectivity index (χ0n) is 12.1. The normalized spacial score (nSPS) is 10.3. The van der Waals surface area contributed by atoms with Crippen LogP contribution in [0.1, 0.15) is 36.2 Å². The Morgan fingerprint density at radius 2 is 2.05 bits per heavy atom. The van der Waals surface area contributed by atoms with Gasteiger partial charge >= 0.3 is 0 Å². The van der Waals surface area contributed by atoms with Crippen LogP contribution in [0.2, 0.25) is 0 Å². The molecule has 4 nitrogen and oxygen atoms in total. The monoisotopic (exact) mass is 264 g/mol. The molecule has 19 heavy (non-hydrogen) atoms. The molecule has 0 aliphatic rings. The Labute approximate surface area is 115 Å². The van der Waals surface area contributed by atoms with Crippen LogP contribution in [0.3, 0.4) is 0 Å². The number of anilines is 1. The number of amides is 1. The first-order valence-electron chi connectivity index (χ1n) is 6.88. The molecule has 1 aromatic carbocycles. The second kappa shape index (κ2) is 7.79. The second-order valence-electron chi connectivity index (χ2n) is 4.58. The summed E-state index contributed by atoms with van der Waals surface area (Å²) in [6, 6.07) is 5.68. The third-order valence-corrected chi connectivity index (χ3v) is 2.99. The van der Waals surface area contributed by atoms with Gasteiger partial charge in [-0.25, -0.2) is 0 Å². The first-order chi connectivity index (χ1) is 9.13. The predicted octanol–water partition coefficient (Wildman–Crippen LogP) is 2.27. The highest BCUT2D eigenvalue weighted by Gasteiger charge is 2.15. The molecule has 0 aliphatic carbocycles. The minimum atomic E-state index is -0.0120. The van der Waals surface area contributed by atoms with Crippen LogP contribution in [0.15, 0.2) is 18.2 Å². The molecule has 1 amide bonds. The van der Waals surface area contributed by atoms with Gasteiger partial charge in [0.15, 0.2) is 0 Å². The Kier molecular flexibility index (Phi) is 6.36. The minimum absolute atomic E-state index is 0.000194. The molecule has 106 valence electrons. The molecule has 0 saturated heterocycles. The first-order valence-corrected chi connectivity index (χ1v) is 6.88. The summed E-state index contributed by atoms with van der Waals surface area (Å²) in [6.45, 7) is 7.99. The predicted molar refractivity (Wildman–Crippen MR) is 78.6 cm³/mol. The van der Waals surface area contributed by atoms with Gasteiger partial charge in [-0.2, -0.15) is 0 Å². The lowest BCUT2D eigenvalue weighted by molar-refractivity contribution is 0.0722. The summed E-state index contributed by atoms with van der Waals surface area (Å²) in [5, 5.41) is 12.3. The topological polar surface area (TPSA) is 52.6 Å². The highest BCUT2D eigenvalue weighted by molar-refractivity contribution is 5.95. The molecule has 0 bridgehead atoms. The van der Waals surface area contributed by atoms with Crippen LogP contribution in [0.5, 0.6) is 0 Å². The molecule has 4 heteroatoms. The van der Waals surface area contributed by atoms with Gasteiger partial charge in [-0.1, -0.05) is 6.92 Å². The highest BCUT2D eigenvalue weighted by Crippen LogP contribution is 2.17. The average Bonchev–Trinajstić information content (AvgIpc) is 2.40. The molecule has 1 aromatic rings. The summed E-state index contributed by atoms with van der Waals surface area (Å²) < 4.78 is 0. The Hall–Kier alpha value is -1.55. The van der Waals surface area contributed by atoms with Crippen molar-refractivity contribution in [1.29, 1.82) is 0 Å². The van der Waals surface area contributed by atoms with E-state index in [0.717, 1.165) is 24.2 Å². The Morgan fingerprint density at radius 3 is 2.58 bits per heavy atom. The second-order valence-corrected chi connectivity index (χ2v) is 4.58. The van der Waals surface area contributed by atoms with Crippen LogP contribution in [0.25, 0.3) is 0 Å². The summed E-state index contributed by atoms with van der Waals surface area (Å²) >= 11 is 0. The van der Waals surface area contributed by atoms with Gasteiger partial charge in [-0.15, -0.1) is 0 Å². The van der Waals surface area contributed by atoms with Gasteiger partial charge in [0.05, 0.1) is 6.61 Å². The van der Waals surface area contributed by atoms with E-state index in [0.29, 0.717) is 18.7 Å². The summed E-state index contributed by atoms with van der Waals surface area (Å²) in [6.07, 6.45) is 0.889. The smallest absolute Gasteiger partial charge is 0.253 e. The van der Waals surface area contributed by atoms with E-state index >= 15 is 0 Å². The molecule has 0 saturated carbocycles. The molecule has 0 unspecified atom stereocenters. The summed E-state index contributed by atoms with van der Waals surface area (Å²) in [5.74, 6) is -0.0120. The van der Waals surface area contributed by atoms with Crippen LogP contribution in [-0.2, 0) is 0 Å². The summed E-state index contributed by atoms with van der Waals surface area (Å²) in [4.78, 5) is 14.0. The van der Waals surface area contributed by atoms with Gasteiger partial charge < -0.3 is 15.3 Å². The molecule has 2 N–H and O–H groups in total. The largest absolute Gasteiger partial charge is 0.395 e. The molecular formula is C15H24N2O2. The fourth-order valence-corrected chi connectivity index (χ4v) is 2.07. The highest BCUT2D eigenvalue weighted by atomic mass is 16.3. The van der Waals surface area contributed by atoms with Crippen molar-refractivity contribution in [3.8, 4) is 0 Å². The van der Waals surface area contributed by atoms with Crippen LogP contribution in [0.4, 0.5) is 5.69 Å². The van der Waals surface area contributed by atoms with Crippen molar-refractivity contribution < 1.29 is 9.90 Å². The Balaban J connectivity index is 2.88. The number of aliphatic hydroxyl groups is 1. The molecule has 0 heterocycles. The zero-order chi connectivity index (χ0) is 14.3. The maximum absolute atomic E-state index is 12.3. The lowest BCUT2D eigenvalue weighted by Gasteiger charge is -2.21. The van der Waals surface area contributed by atoms with Crippen molar-refractivity contribution >= 4 is 11.6 Å². The van der Waals surface area contributed by atoms with E-state index in [1.54, 1.807) is 4.90 Å². The van der Waals surface area contributed by atoms with E-state index in [1.807, 2.05) is 39.0 Å². The number of aryl methyl sites for hydroxylation is 1. The van der Waals surface area contributed by atoms with Crippen molar-refractivity contribution in [2.24, 2.45) is 0 Å². The molecule has 0 aromatic heterocycles. The molecule has 1 rings (SSSR count). The van der Waals surface area contributed by atoms with Gasteiger partial charge in [-0.05, 0) is 44.0 Å². The summed E-state index contributed by atoms with van der Waals surface area (Å²) in [7, 11) is 0. The number of hydrogen-bond donors (Lipinski definition) is 2. The third-order valence-electron chi connectivity index (χ3n) is 2.99. The number of rotatable bonds is 7. The zero-order valence-corrected chi connectivity index (χ0v) is 12.1. The number of aliphatic hydroxyl groups excluding tert-OH is 1. The van der Waals surface area contributed by atoms with E-state index < -0.39 is 0 Å². The third kappa shape index (κ3) is 4.24. The Morgan fingerprint density at radius 1 is 1.32 bits per heavy atom. The SMILES string of the molecule is CCCN(CCO)C(=O)c1ccc(NCC)c(C)c1. The molecule has 0 fully saturated rings. The van der Waals surface area contributed by atoms with Crippen molar-refractivity contribution in [1.82, 2.24) is 4.90 Å². The fraction of sp³-hybridized carbons (Fsp3) is 0.533. The lowest BCUT2D eigenvalue weighted by Crippen LogP contribution is -2.34. The van der Waals surface area contributed by atoms with Crippen molar-refractivity contribution in [3.05, 3.63) is 29.3 Å². The molecule has 0 atom stereocenters. The van der Waals surface area contributed by atoms with E-state index in [-0.39, 0.29) is 12.5 Å². The van der Waals surface area contributed by atoms with Crippen LogP contribution in [0, 0.1) is 6.92 Å². The first kappa shape index (κ1) is 15.5. The van der Waals surface area contributed by atoms with Gasteiger partial charge in [0, 0.05) is 30.9 Å². The number of nitrogens with one attached hydrogen (secondary N) is 1. The number of carbonyl (C=O) groups excluding carboxylic acids is 1. The molecule has 0 spiro atoms. The van der Waals surface area contributed by atoms with Crippen molar-refractivity contribution in [3.63, 3.8) is 0 Å². The summed E-state index contributed by atoms with van der Waals surface area (Å²) in [5.41, 5.74) is 2.80. The number of benzene rings is 1. The van der Waals surface area contributed by atoms with Gasteiger partial charge in [0.1, 0.15) is 0 Å². The molecule has 0 radical (unpaired) electrons. The lowest BCUT2D eigenvalue weighted by atomic mass is 10.1. The van der Waals surface area contributed by atoms with E-state index in [1.165, 1.54) is 0 Å². The molecular weight excluding hydrogens is 240 g/mol. The van der Waals surface area contributed by atoms with Crippen molar-refractivity contribution in [2.75, 3.05) is 31.6 Å². The quantitative estimate of drug-likeness (QED) is 0.794.